The first-order valence-electron chi connectivity index (χ1n) is 10.0. The van der Waals surface area contributed by atoms with E-state index in [9.17, 15) is 0 Å². The molecule has 0 radical (unpaired) electrons. The van der Waals surface area contributed by atoms with Crippen molar-refractivity contribution in [3.05, 3.63) is 47.8 Å². The van der Waals surface area contributed by atoms with Gasteiger partial charge in [-0.05, 0) is 56.4 Å². The molecule has 6 nitrogen and oxygen atoms in total. The van der Waals surface area contributed by atoms with Gasteiger partial charge < -0.3 is 15.5 Å². The summed E-state index contributed by atoms with van der Waals surface area (Å²) in [5.41, 5.74) is 3.83. The summed E-state index contributed by atoms with van der Waals surface area (Å²) in [7, 11) is 1.94. The fourth-order valence-corrected chi connectivity index (χ4v) is 3.47. The van der Waals surface area contributed by atoms with Gasteiger partial charge in [0.15, 0.2) is 5.96 Å². The van der Waals surface area contributed by atoms with Gasteiger partial charge in [0.2, 0.25) is 0 Å². The maximum atomic E-state index is 4.73. The predicted octanol–water partition coefficient (Wildman–Crippen LogP) is 2.88. The Morgan fingerprint density at radius 3 is 2.81 bits per heavy atom. The van der Waals surface area contributed by atoms with Crippen molar-refractivity contribution >= 4 is 11.6 Å². The van der Waals surface area contributed by atoms with Gasteiger partial charge >= 0.3 is 0 Å². The maximum absolute atomic E-state index is 4.73. The number of guanidine groups is 1. The lowest BCUT2D eigenvalue weighted by Gasteiger charge is -2.22. The summed E-state index contributed by atoms with van der Waals surface area (Å²) in [5, 5.41) is 11.1. The Bertz CT molecular complexity index is 745. The zero-order valence-electron chi connectivity index (χ0n) is 16.8. The predicted molar refractivity (Wildman–Crippen MR) is 112 cm³/mol. The molecule has 1 fully saturated rings. The number of anilines is 1. The summed E-state index contributed by atoms with van der Waals surface area (Å²) in [6.45, 7) is 8.21. The van der Waals surface area contributed by atoms with Crippen LogP contribution in [0.2, 0.25) is 0 Å². The molecule has 1 unspecified atom stereocenters. The SMILES string of the molecule is CCNC(=NCCc1cnn(C)c1)NC(C)c1cccc(N2CCCC2)c1. The highest BCUT2D eigenvalue weighted by molar-refractivity contribution is 5.80. The molecule has 0 saturated carbocycles. The molecular weight excluding hydrogens is 336 g/mol. The van der Waals surface area contributed by atoms with Gasteiger partial charge in [0, 0.05) is 45.1 Å². The number of aromatic nitrogens is 2. The zero-order valence-corrected chi connectivity index (χ0v) is 16.8. The van der Waals surface area contributed by atoms with E-state index in [1.165, 1.54) is 42.7 Å². The summed E-state index contributed by atoms with van der Waals surface area (Å²) in [6.07, 6.45) is 7.44. The minimum absolute atomic E-state index is 0.198. The molecule has 0 bridgehead atoms. The van der Waals surface area contributed by atoms with E-state index in [1.54, 1.807) is 0 Å². The fourth-order valence-electron chi connectivity index (χ4n) is 3.47. The quantitative estimate of drug-likeness (QED) is 0.583. The molecule has 1 aliphatic heterocycles. The Kier molecular flexibility index (Phi) is 6.74. The summed E-state index contributed by atoms with van der Waals surface area (Å²) < 4.78 is 1.83. The van der Waals surface area contributed by atoms with Crippen LogP contribution in [0.4, 0.5) is 5.69 Å². The van der Waals surface area contributed by atoms with Crippen molar-refractivity contribution in [2.24, 2.45) is 12.0 Å². The van der Waals surface area contributed by atoms with Crippen LogP contribution in [0.5, 0.6) is 0 Å². The lowest BCUT2D eigenvalue weighted by molar-refractivity contribution is 0.685. The number of nitrogens with zero attached hydrogens (tertiary/aromatic N) is 4. The number of hydrogen-bond donors (Lipinski definition) is 2. The van der Waals surface area contributed by atoms with Crippen LogP contribution < -0.4 is 15.5 Å². The third kappa shape index (κ3) is 5.49. The highest BCUT2D eigenvalue weighted by Crippen LogP contribution is 2.23. The van der Waals surface area contributed by atoms with E-state index in [2.05, 4.69) is 58.7 Å². The molecule has 2 aromatic rings. The van der Waals surface area contributed by atoms with Crippen LogP contribution in [0.25, 0.3) is 0 Å². The molecule has 2 N–H and O–H groups in total. The molecule has 146 valence electrons. The highest BCUT2D eigenvalue weighted by atomic mass is 15.2. The van der Waals surface area contributed by atoms with Crippen molar-refractivity contribution < 1.29 is 0 Å². The van der Waals surface area contributed by atoms with E-state index in [-0.39, 0.29) is 6.04 Å². The van der Waals surface area contributed by atoms with Crippen molar-refractivity contribution in [1.29, 1.82) is 0 Å². The van der Waals surface area contributed by atoms with Crippen LogP contribution in [-0.4, -0.2) is 41.9 Å². The molecule has 2 heterocycles. The van der Waals surface area contributed by atoms with E-state index < -0.39 is 0 Å². The highest BCUT2D eigenvalue weighted by Gasteiger charge is 2.14. The Labute approximate surface area is 162 Å². The lowest BCUT2D eigenvalue weighted by atomic mass is 10.1. The third-order valence-corrected chi connectivity index (χ3v) is 4.97. The second-order valence-electron chi connectivity index (χ2n) is 7.19. The van der Waals surface area contributed by atoms with Gasteiger partial charge in [-0.3, -0.25) is 9.67 Å². The molecule has 27 heavy (non-hydrogen) atoms. The molecule has 1 atom stereocenters. The lowest BCUT2D eigenvalue weighted by Crippen LogP contribution is -2.39. The minimum atomic E-state index is 0.198. The zero-order chi connectivity index (χ0) is 19.1. The fraction of sp³-hybridized carbons (Fsp3) is 0.524. The van der Waals surface area contributed by atoms with Gasteiger partial charge in [-0.25, -0.2) is 0 Å². The van der Waals surface area contributed by atoms with E-state index in [4.69, 9.17) is 4.99 Å². The monoisotopic (exact) mass is 368 g/mol. The molecule has 0 amide bonds. The van der Waals surface area contributed by atoms with Crippen LogP contribution >= 0.6 is 0 Å². The van der Waals surface area contributed by atoms with Crippen LogP contribution in [-0.2, 0) is 13.5 Å². The summed E-state index contributed by atoms with van der Waals surface area (Å²) in [4.78, 5) is 7.21. The average Bonchev–Trinajstić information content (AvgIpc) is 3.34. The number of aryl methyl sites for hydroxylation is 1. The van der Waals surface area contributed by atoms with Gasteiger partial charge in [0.05, 0.1) is 12.2 Å². The number of rotatable bonds is 7. The smallest absolute Gasteiger partial charge is 0.191 e. The van der Waals surface area contributed by atoms with Crippen LogP contribution in [0.15, 0.2) is 41.7 Å². The topological polar surface area (TPSA) is 57.5 Å². The molecule has 1 aromatic carbocycles. The van der Waals surface area contributed by atoms with E-state index in [0.29, 0.717) is 0 Å². The van der Waals surface area contributed by atoms with E-state index in [0.717, 1.165) is 25.5 Å². The average molecular weight is 369 g/mol. The summed E-state index contributed by atoms with van der Waals surface area (Å²) >= 11 is 0. The van der Waals surface area contributed by atoms with Crippen LogP contribution in [0, 0.1) is 0 Å². The summed E-state index contributed by atoms with van der Waals surface area (Å²) in [5.74, 6) is 0.862. The van der Waals surface area contributed by atoms with Crippen molar-refractivity contribution in [2.45, 2.75) is 39.2 Å². The van der Waals surface area contributed by atoms with E-state index in [1.807, 2.05) is 24.1 Å². The third-order valence-electron chi connectivity index (χ3n) is 4.97. The second-order valence-corrected chi connectivity index (χ2v) is 7.19. The largest absolute Gasteiger partial charge is 0.372 e. The standard InChI is InChI=1S/C21H32N6/c1-4-22-21(23-11-10-18-15-24-26(3)16-18)25-17(2)19-8-7-9-20(14-19)27-12-5-6-13-27/h7-9,14-17H,4-6,10-13H2,1-3H3,(H2,22,23,25). The molecule has 1 saturated heterocycles. The molecule has 1 aromatic heterocycles. The van der Waals surface area contributed by atoms with Gasteiger partial charge in [-0.2, -0.15) is 5.10 Å². The molecule has 3 rings (SSSR count). The van der Waals surface area contributed by atoms with Gasteiger partial charge in [-0.1, -0.05) is 12.1 Å². The van der Waals surface area contributed by atoms with Gasteiger partial charge in [0.25, 0.3) is 0 Å². The van der Waals surface area contributed by atoms with Crippen molar-refractivity contribution in [3.8, 4) is 0 Å². The number of nitrogens with one attached hydrogen (secondary N) is 2. The Morgan fingerprint density at radius 1 is 1.30 bits per heavy atom. The van der Waals surface area contributed by atoms with Gasteiger partial charge in [0.1, 0.15) is 0 Å². The molecule has 6 heteroatoms. The normalized spacial score (nSPS) is 15.8. The maximum Gasteiger partial charge on any atom is 0.191 e. The van der Waals surface area contributed by atoms with Gasteiger partial charge in [-0.15, -0.1) is 0 Å². The Morgan fingerprint density at radius 2 is 2.11 bits per heavy atom. The number of aliphatic imine (C=N–C) groups is 1. The molecule has 0 spiro atoms. The Balaban J connectivity index is 1.61. The van der Waals surface area contributed by atoms with Crippen LogP contribution in [0.3, 0.4) is 0 Å². The summed E-state index contributed by atoms with van der Waals surface area (Å²) in [6, 6.07) is 9.07. The first-order valence-corrected chi connectivity index (χ1v) is 10.0. The molecule has 0 aliphatic carbocycles. The molecule has 1 aliphatic rings. The van der Waals surface area contributed by atoms with E-state index >= 15 is 0 Å². The minimum Gasteiger partial charge on any atom is -0.372 e. The number of benzene rings is 1. The Hall–Kier alpha value is -2.50. The van der Waals surface area contributed by atoms with Crippen molar-refractivity contribution in [2.75, 3.05) is 31.1 Å². The number of hydrogen-bond acceptors (Lipinski definition) is 3. The second kappa shape index (κ2) is 9.44. The van der Waals surface area contributed by atoms with Crippen LogP contribution in [0.1, 0.15) is 43.9 Å². The van der Waals surface area contributed by atoms with Crippen molar-refractivity contribution in [3.63, 3.8) is 0 Å². The molecular formula is C21H32N6. The van der Waals surface area contributed by atoms with Crippen molar-refractivity contribution in [1.82, 2.24) is 20.4 Å². The first kappa shape index (κ1) is 19.3. The first-order chi connectivity index (χ1) is 13.2.